The van der Waals surface area contributed by atoms with Gasteiger partial charge in [-0.1, -0.05) is 12.0 Å². The molecule has 0 radical (unpaired) electrons. The lowest BCUT2D eigenvalue weighted by Crippen LogP contribution is -2.52. The van der Waals surface area contributed by atoms with Gasteiger partial charge in [-0.3, -0.25) is 9.59 Å². The van der Waals surface area contributed by atoms with Gasteiger partial charge in [-0.2, -0.15) is 0 Å². The zero-order chi connectivity index (χ0) is 23.1. The molecule has 2 aromatic carbocycles. The fourth-order valence-corrected chi connectivity index (χ4v) is 4.78. The number of ether oxygens (including phenoxy) is 1. The normalized spacial score (nSPS) is 17.3. The second kappa shape index (κ2) is 8.11. The molecule has 32 heavy (non-hydrogen) atoms. The van der Waals surface area contributed by atoms with Crippen LogP contribution in [0.3, 0.4) is 0 Å². The molecule has 0 atom stereocenters. The van der Waals surface area contributed by atoms with Crippen LogP contribution in [0.25, 0.3) is 0 Å². The number of likely N-dealkylation sites (tertiary alicyclic amines) is 1. The Kier molecular flexibility index (Phi) is 5.60. The first kappa shape index (κ1) is 22.1. The average Bonchev–Trinajstić information content (AvgIpc) is 2.73. The lowest BCUT2D eigenvalue weighted by molar-refractivity contribution is -0.00574. The molecule has 166 valence electrons. The van der Waals surface area contributed by atoms with Crippen molar-refractivity contribution >= 4 is 11.7 Å². The van der Waals surface area contributed by atoms with Crippen molar-refractivity contribution in [3.8, 4) is 17.6 Å². The third kappa shape index (κ3) is 4.16. The smallest absolute Gasteiger partial charge is 0.253 e. The number of nitrogens with zero attached hydrogens (tertiary/aromatic N) is 1. The first-order chi connectivity index (χ1) is 15.1. The molecule has 1 N–H and O–H groups in total. The van der Waals surface area contributed by atoms with Crippen LogP contribution < -0.4 is 4.74 Å². The van der Waals surface area contributed by atoms with Crippen LogP contribution in [0.4, 0.5) is 0 Å². The summed E-state index contributed by atoms with van der Waals surface area (Å²) >= 11 is 0. The molecule has 4 rings (SSSR count). The minimum absolute atomic E-state index is 0.0319. The Bertz CT molecular complexity index is 1140. The predicted octanol–water partition coefficient (Wildman–Crippen LogP) is 4.23. The Balaban J connectivity index is 1.47. The van der Waals surface area contributed by atoms with Crippen LogP contribution in [0.5, 0.6) is 5.75 Å². The van der Waals surface area contributed by atoms with Crippen LogP contribution in [0, 0.1) is 18.8 Å². The number of Topliss-reactive ketones (excluding diaryl/α,β-unsaturated/α-hetero) is 1. The van der Waals surface area contributed by atoms with E-state index in [4.69, 9.17) is 4.74 Å². The molecular formula is C27H29NO4. The van der Waals surface area contributed by atoms with Gasteiger partial charge in [-0.15, -0.1) is 5.92 Å². The van der Waals surface area contributed by atoms with E-state index in [0.717, 1.165) is 16.7 Å². The van der Waals surface area contributed by atoms with Crippen LogP contribution in [-0.2, 0) is 5.60 Å². The number of aliphatic hydroxyl groups is 1. The van der Waals surface area contributed by atoms with Crippen molar-refractivity contribution in [2.24, 2.45) is 0 Å². The van der Waals surface area contributed by atoms with Gasteiger partial charge >= 0.3 is 0 Å². The molecule has 1 spiro atoms. The van der Waals surface area contributed by atoms with E-state index in [0.29, 0.717) is 49.2 Å². The van der Waals surface area contributed by atoms with E-state index in [1.54, 1.807) is 32.9 Å². The number of carbonyl (C=O) groups excluding carboxylic acids is 2. The number of carbonyl (C=O) groups is 2. The Labute approximate surface area is 189 Å². The van der Waals surface area contributed by atoms with Crippen LogP contribution in [0.1, 0.15) is 77.4 Å². The maximum Gasteiger partial charge on any atom is 0.253 e. The van der Waals surface area contributed by atoms with Gasteiger partial charge in [-0.25, -0.2) is 0 Å². The highest BCUT2D eigenvalue weighted by atomic mass is 16.5. The van der Waals surface area contributed by atoms with Crippen molar-refractivity contribution in [2.45, 2.75) is 58.2 Å². The third-order valence-corrected chi connectivity index (χ3v) is 6.45. The second-order valence-corrected chi connectivity index (χ2v) is 9.35. The quantitative estimate of drug-likeness (QED) is 0.723. The molecule has 1 fully saturated rings. The highest BCUT2D eigenvalue weighted by Crippen LogP contribution is 2.40. The SMILES string of the molecule is CC#Cc1ccc2c(c1)C(=O)CC1(CCN(C(=O)c3ccc(C(C)(C)O)c(C)c3)CC1)O2. The van der Waals surface area contributed by atoms with Gasteiger partial charge in [0.05, 0.1) is 17.6 Å². The molecule has 2 aromatic rings. The Morgan fingerprint density at radius 1 is 1.16 bits per heavy atom. The van der Waals surface area contributed by atoms with E-state index in [2.05, 4.69) is 11.8 Å². The number of benzene rings is 2. The van der Waals surface area contributed by atoms with Crippen LogP contribution in [0.15, 0.2) is 36.4 Å². The van der Waals surface area contributed by atoms with E-state index < -0.39 is 11.2 Å². The maximum atomic E-state index is 13.1. The van der Waals surface area contributed by atoms with Crippen LogP contribution in [0.2, 0.25) is 0 Å². The Morgan fingerprint density at radius 3 is 2.50 bits per heavy atom. The van der Waals surface area contributed by atoms with Crippen molar-refractivity contribution < 1.29 is 19.4 Å². The monoisotopic (exact) mass is 431 g/mol. The van der Waals surface area contributed by atoms with Gasteiger partial charge in [0.15, 0.2) is 5.78 Å². The van der Waals surface area contributed by atoms with Crippen LogP contribution >= 0.6 is 0 Å². The summed E-state index contributed by atoms with van der Waals surface area (Å²) in [4.78, 5) is 27.8. The van der Waals surface area contributed by atoms with E-state index in [1.165, 1.54) is 0 Å². The summed E-state index contributed by atoms with van der Waals surface area (Å²) in [5.74, 6) is 6.49. The topological polar surface area (TPSA) is 66.8 Å². The van der Waals surface area contributed by atoms with Gasteiger partial charge in [0.1, 0.15) is 11.4 Å². The average molecular weight is 432 g/mol. The largest absolute Gasteiger partial charge is 0.486 e. The number of hydrogen-bond donors (Lipinski definition) is 1. The molecule has 0 unspecified atom stereocenters. The highest BCUT2D eigenvalue weighted by molar-refractivity contribution is 6.01. The van der Waals surface area contributed by atoms with Crippen molar-refractivity contribution in [1.82, 2.24) is 4.90 Å². The Morgan fingerprint density at radius 2 is 1.88 bits per heavy atom. The van der Waals surface area contributed by atoms with Crippen molar-refractivity contribution in [3.05, 3.63) is 64.2 Å². The summed E-state index contributed by atoms with van der Waals surface area (Å²) in [6.45, 7) is 8.22. The maximum absolute atomic E-state index is 13.1. The molecule has 1 saturated heterocycles. The first-order valence-corrected chi connectivity index (χ1v) is 11.0. The minimum Gasteiger partial charge on any atom is -0.486 e. The van der Waals surface area contributed by atoms with E-state index >= 15 is 0 Å². The molecule has 0 bridgehead atoms. The summed E-state index contributed by atoms with van der Waals surface area (Å²) in [6, 6.07) is 11.0. The molecule has 2 aliphatic rings. The molecule has 2 aliphatic heterocycles. The minimum atomic E-state index is -0.950. The summed E-state index contributed by atoms with van der Waals surface area (Å²) in [5, 5.41) is 10.3. The molecule has 5 nitrogen and oxygen atoms in total. The standard InChI is InChI=1S/C27H29NO4/c1-5-6-19-7-10-24-21(16-19)23(29)17-27(32-24)11-13-28(14-12-27)25(30)20-8-9-22(18(2)15-20)26(3,4)31/h7-10,15-16,31H,11-14,17H2,1-4H3. The molecule has 2 heterocycles. The fraction of sp³-hybridized carbons (Fsp3) is 0.407. The van der Waals surface area contributed by atoms with Gasteiger partial charge in [0.25, 0.3) is 5.91 Å². The summed E-state index contributed by atoms with van der Waals surface area (Å²) in [6.07, 6.45) is 1.55. The molecule has 0 aromatic heterocycles. The first-order valence-electron chi connectivity index (χ1n) is 11.0. The zero-order valence-corrected chi connectivity index (χ0v) is 19.1. The predicted molar refractivity (Wildman–Crippen MR) is 123 cm³/mol. The van der Waals surface area contributed by atoms with E-state index in [1.807, 2.05) is 36.1 Å². The third-order valence-electron chi connectivity index (χ3n) is 6.45. The molecule has 5 heteroatoms. The number of hydrogen-bond acceptors (Lipinski definition) is 4. The van der Waals surface area contributed by atoms with Gasteiger partial charge < -0.3 is 14.7 Å². The molecular weight excluding hydrogens is 402 g/mol. The van der Waals surface area contributed by atoms with E-state index in [-0.39, 0.29) is 11.7 Å². The number of fused-ring (bicyclic) bond motifs is 1. The van der Waals surface area contributed by atoms with Gasteiger partial charge in [-0.05, 0) is 69.2 Å². The van der Waals surface area contributed by atoms with Gasteiger partial charge in [0.2, 0.25) is 0 Å². The second-order valence-electron chi connectivity index (χ2n) is 9.35. The van der Waals surface area contributed by atoms with E-state index in [9.17, 15) is 14.7 Å². The summed E-state index contributed by atoms with van der Waals surface area (Å²) in [5.41, 5.74) is 2.21. The highest BCUT2D eigenvalue weighted by Gasteiger charge is 2.43. The van der Waals surface area contributed by atoms with Gasteiger partial charge in [0, 0.05) is 37.1 Å². The summed E-state index contributed by atoms with van der Waals surface area (Å²) in [7, 11) is 0. The molecule has 1 amide bonds. The van der Waals surface area contributed by atoms with Crippen LogP contribution in [-0.4, -0.2) is 40.4 Å². The van der Waals surface area contributed by atoms with Crippen molar-refractivity contribution in [3.63, 3.8) is 0 Å². The van der Waals surface area contributed by atoms with Crippen molar-refractivity contribution in [1.29, 1.82) is 0 Å². The Hall–Kier alpha value is -3.10. The number of ketones is 1. The summed E-state index contributed by atoms with van der Waals surface area (Å²) < 4.78 is 6.34. The lowest BCUT2D eigenvalue weighted by atomic mass is 9.82. The number of amides is 1. The molecule has 0 saturated carbocycles. The zero-order valence-electron chi connectivity index (χ0n) is 19.1. The molecule has 0 aliphatic carbocycles. The fourth-order valence-electron chi connectivity index (χ4n) is 4.78. The lowest BCUT2D eigenvalue weighted by Gasteiger charge is -2.44. The number of aryl methyl sites for hydroxylation is 1. The number of rotatable bonds is 2. The number of piperidine rings is 1. The van der Waals surface area contributed by atoms with Crippen molar-refractivity contribution in [2.75, 3.05) is 13.1 Å².